The highest BCUT2D eigenvalue weighted by Crippen LogP contribution is 2.56. The SMILES string of the molecule is CCC(Cl)c1cccc(Oc2ccc(C(c3ccc(O)cc3)(C(F)(F)F)C(F)(F)F)cc2)c1C#N. The molecule has 0 bridgehead atoms. The lowest BCUT2D eigenvalue weighted by molar-refractivity contribution is -0.288. The van der Waals surface area contributed by atoms with Gasteiger partial charge < -0.3 is 9.84 Å². The van der Waals surface area contributed by atoms with Gasteiger partial charge in [0.05, 0.1) is 10.9 Å². The summed E-state index contributed by atoms with van der Waals surface area (Å²) in [5, 5.41) is 18.4. The fourth-order valence-corrected chi connectivity index (χ4v) is 4.01. The van der Waals surface area contributed by atoms with Crippen LogP contribution in [0, 0.1) is 11.3 Å². The van der Waals surface area contributed by atoms with E-state index in [1.54, 1.807) is 12.1 Å². The highest BCUT2D eigenvalue weighted by atomic mass is 35.5. The summed E-state index contributed by atoms with van der Waals surface area (Å²) in [6.45, 7) is 1.81. The Morgan fingerprint density at radius 2 is 1.40 bits per heavy atom. The first-order valence-electron chi connectivity index (χ1n) is 10.2. The van der Waals surface area contributed by atoms with Crippen LogP contribution in [0.1, 0.15) is 41.0 Å². The number of benzene rings is 3. The van der Waals surface area contributed by atoms with E-state index in [1.807, 2.05) is 13.0 Å². The number of alkyl halides is 7. The molecule has 184 valence electrons. The number of nitriles is 1. The molecule has 3 rings (SSSR count). The Morgan fingerprint density at radius 3 is 1.86 bits per heavy atom. The molecule has 0 aliphatic carbocycles. The molecule has 0 fully saturated rings. The first-order chi connectivity index (χ1) is 16.4. The second-order valence-corrected chi connectivity index (χ2v) is 8.15. The van der Waals surface area contributed by atoms with Gasteiger partial charge in [-0.3, -0.25) is 0 Å². The third-order valence-corrected chi connectivity index (χ3v) is 6.08. The predicted octanol–water partition coefficient (Wildman–Crippen LogP) is 8.16. The molecule has 0 aliphatic rings. The lowest BCUT2D eigenvalue weighted by atomic mass is 9.73. The highest BCUT2D eigenvalue weighted by molar-refractivity contribution is 6.21. The van der Waals surface area contributed by atoms with Crippen molar-refractivity contribution in [3.05, 3.63) is 89.0 Å². The van der Waals surface area contributed by atoms with Crippen LogP contribution in [-0.4, -0.2) is 17.5 Å². The Balaban J connectivity index is 2.10. The van der Waals surface area contributed by atoms with Crippen LogP contribution in [0.4, 0.5) is 26.3 Å². The lowest BCUT2D eigenvalue weighted by Crippen LogP contribution is -2.54. The molecule has 3 aromatic carbocycles. The standard InChI is InChI=1S/C25H18ClF6NO2/c1-2-21(26)19-4-3-5-22(20(19)14-33)35-18-12-8-16(9-13-18)23(24(27,28)29,25(30,31)32)15-6-10-17(34)11-7-15/h3-13,21,34H,2H2,1H3. The Hall–Kier alpha value is -3.38. The average Bonchev–Trinajstić information content (AvgIpc) is 2.79. The largest absolute Gasteiger partial charge is 0.508 e. The van der Waals surface area contributed by atoms with Gasteiger partial charge >= 0.3 is 12.4 Å². The van der Waals surface area contributed by atoms with Crippen LogP contribution in [0.3, 0.4) is 0 Å². The van der Waals surface area contributed by atoms with Crippen LogP contribution in [-0.2, 0) is 5.41 Å². The Kier molecular flexibility index (Phi) is 7.27. The number of halogens is 7. The summed E-state index contributed by atoms with van der Waals surface area (Å²) < 4.78 is 90.7. The molecule has 0 aliphatic heterocycles. The van der Waals surface area contributed by atoms with Crippen molar-refractivity contribution >= 4 is 11.6 Å². The molecule has 1 N–H and O–H groups in total. The monoisotopic (exact) mass is 513 g/mol. The molecule has 35 heavy (non-hydrogen) atoms. The molecule has 3 nitrogen and oxygen atoms in total. The van der Waals surface area contributed by atoms with Gasteiger partial charge in [0.25, 0.3) is 0 Å². The van der Waals surface area contributed by atoms with Gasteiger partial charge in [0, 0.05) is 0 Å². The average molecular weight is 514 g/mol. The number of hydrogen-bond donors (Lipinski definition) is 1. The van der Waals surface area contributed by atoms with E-state index in [1.165, 1.54) is 6.07 Å². The minimum absolute atomic E-state index is 0.0632. The summed E-state index contributed by atoms with van der Waals surface area (Å²) in [6.07, 6.45) is -11.0. The Morgan fingerprint density at radius 1 is 0.886 bits per heavy atom. The number of aromatic hydroxyl groups is 1. The first kappa shape index (κ1) is 26.2. The van der Waals surface area contributed by atoms with Gasteiger partial charge in [-0.25, -0.2) is 0 Å². The van der Waals surface area contributed by atoms with Crippen LogP contribution in [0.15, 0.2) is 66.7 Å². The normalized spacial score (nSPS) is 13.2. The number of phenolic OH excluding ortho intramolecular Hbond substituents is 1. The van der Waals surface area contributed by atoms with E-state index in [4.69, 9.17) is 16.3 Å². The van der Waals surface area contributed by atoms with E-state index in [-0.39, 0.29) is 17.1 Å². The van der Waals surface area contributed by atoms with Gasteiger partial charge in [0.2, 0.25) is 5.41 Å². The minimum atomic E-state index is -5.76. The van der Waals surface area contributed by atoms with Crippen molar-refractivity contribution in [3.8, 4) is 23.3 Å². The number of rotatable bonds is 6. The quantitative estimate of drug-likeness (QED) is 0.267. The van der Waals surface area contributed by atoms with E-state index in [0.29, 0.717) is 36.2 Å². The lowest BCUT2D eigenvalue weighted by Gasteiger charge is -2.38. The van der Waals surface area contributed by atoms with Gasteiger partial charge in [-0.1, -0.05) is 43.3 Å². The molecule has 0 radical (unpaired) electrons. The van der Waals surface area contributed by atoms with Crippen LogP contribution >= 0.6 is 11.6 Å². The molecule has 0 aromatic heterocycles. The van der Waals surface area contributed by atoms with Crippen LogP contribution in [0.2, 0.25) is 0 Å². The fraction of sp³-hybridized carbons (Fsp3) is 0.240. The second-order valence-electron chi connectivity index (χ2n) is 7.63. The van der Waals surface area contributed by atoms with Crippen molar-refractivity contribution in [3.63, 3.8) is 0 Å². The van der Waals surface area contributed by atoms with Crippen molar-refractivity contribution in [2.24, 2.45) is 0 Å². The van der Waals surface area contributed by atoms with E-state index in [2.05, 4.69) is 0 Å². The van der Waals surface area contributed by atoms with Gasteiger partial charge in [0.1, 0.15) is 23.3 Å². The van der Waals surface area contributed by atoms with E-state index in [9.17, 15) is 36.7 Å². The van der Waals surface area contributed by atoms with Crippen molar-refractivity contribution in [2.75, 3.05) is 0 Å². The number of phenols is 1. The van der Waals surface area contributed by atoms with Gasteiger partial charge in [-0.05, 0) is 53.4 Å². The summed E-state index contributed by atoms with van der Waals surface area (Å²) in [5.41, 5.74) is -5.93. The molecule has 0 saturated carbocycles. The molecule has 3 aromatic rings. The van der Waals surface area contributed by atoms with Crippen LogP contribution in [0.5, 0.6) is 17.2 Å². The summed E-state index contributed by atoms with van der Waals surface area (Å²) in [6, 6.07) is 12.6. The van der Waals surface area contributed by atoms with E-state index < -0.39 is 40.0 Å². The fourth-order valence-electron chi connectivity index (χ4n) is 3.83. The summed E-state index contributed by atoms with van der Waals surface area (Å²) in [7, 11) is 0. The molecule has 1 unspecified atom stereocenters. The van der Waals surface area contributed by atoms with Gasteiger partial charge in [-0.15, -0.1) is 11.6 Å². The summed E-state index contributed by atoms with van der Waals surface area (Å²) in [5.74, 6) is -0.490. The zero-order chi connectivity index (χ0) is 26.0. The third kappa shape index (κ3) is 4.76. The van der Waals surface area contributed by atoms with Crippen molar-refractivity contribution in [2.45, 2.75) is 36.5 Å². The molecule has 1 atom stereocenters. The maximum Gasteiger partial charge on any atom is 0.411 e. The Bertz CT molecular complexity index is 1200. The summed E-state index contributed by atoms with van der Waals surface area (Å²) >= 11 is 6.24. The van der Waals surface area contributed by atoms with Crippen LogP contribution < -0.4 is 4.74 Å². The molecule has 10 heteroatoms. The van der Waals surface area contributed by atoms with Crippen molar-refractivity contribution < 1.29 is 36.2 Å². The van der Waals surface area contributed by atoms with E-state index in [0.717, 1.165) is 24.3 Å². The smallest absolute Gasteiger partial charge is 0.411 e. The molecule has 0 spiro atoms. The highest BCUT2D eigenvalue weighted by Gasteiger charge is 2.72. The van der Waals surface area contributed by atoms with Crippen LogP contribution in [0.25, 0.3) is 0 Å². The second kappa shape index (κ2) is 9.70. The number of nitrogens with zero attached hydrogens (tertiary/aromatic N) is 1. The molecule has 0 saturated heterocycles. The zero-order valence-electron chi connectivity index (χ0n) is 18.1. The number of hydrogen-bond acceptors (Lipinski definition) is 3. The molecular formula is C25H18ClF6NO2. The van der Waals surface area contributed by atoms with Gasteiger partial charge in [-0.2, -0.15) is 31.6 Å². The maximum absolute atomic E-state index is 14.2. The first-order valence-corrected chi connectivity index (χ1v) is 10.7. The zero-order valence-corrected chi connectivity index (χ0v) is 18.8. The topological polar surface area (TPSA) is 53.2 Å². The van der Waals surface area contributed by atoms with E-state index >= 15 is 0 Å². The third-order valence-electron chi connectivity index (χ3n) is 5.53. The van der Waals surface area contributed by atoms with Crippen molar-refractivity contribution in [1.29, 1.82) is 5.26 Å². The molecule has 0 amide bonds. The predicted molar refractivity (Wildman–Crippen MR) is 118 cm³/mol. The minimum Gasteiger partial charge on any atom is -0.508 e. The molecular weight excluding hydrogens is 496 g/mol. The maximum atomic E-state index is 14.2. The van der Waals surface area contributed by atoms with Gasteiger partial charge in [0.15, 0.2) is 0 Å². The molecule has 0 heterocycles. The number of ether oxygens (including phenoxy) is 1. The summed E-state index contributed by atoms with van der Waals surface area (Å²) in [4.78, 5) is 0. The van der Waals surface area contributed by atoms with Crippen molar-refractivity contribution in [1.82, 2.24) is 0 Å². The Labute approximate surface area is 202 Å².